The monoisotopic (exact) mass is 236 g/mol. The Labute approximate surface area is 104 Å². The second kappa shape index (κ2) is 5.24. The highest BCUT2D eigenvalue weighted by atomic mass is 16.5. The molecule has 0 saturated heterocycles. The molecule has 0 aromatic carbocycles. The van der Waals surface area contributed by atoms with E-state index in [0.29, 0.717) is 17.4 Å². The SMILES string of the molecule is C=C(CCC(C)C)C(=O)OC1CC2CCC1C2. The fraction of sp³-hybridized carbons (Fsp3) is 0.800. The number of carbonyl (C=O) groups is 1. The van der Waals surface area contributed by atoms with Crippen molar-refractivity contribution in [3.8, 4) is 0 Å². The van der Waals surface area contributed by atoms with Gasteiger partial charge in [-0.3, -0.25) is 0 Å². The lowest BCUT2D eigenvalue weighted by Crippen LogP contribution is -2.24. The standard InChI is InChI=1S/C15H24O2/c1-10(2)4-5-11(3)15(16)17-14-9-12-6-7-13(14)8-12/h10,12-14H,3-9H2,1-2H3. The predicted octanol–water partition coefficient (Wildman–Crippen LogP) is 3.71. The summed E-state index contributed by atoms with van der Waals surface area (Å²) in [5.41, 5.74) is 0.654. The number of hydrogen-bond acceptors (Lipinski definition) is 2. The largest absolute Gasteiger partial charge is 0.459 e. The normalized spacial score (nSPS) is 30.9. The molecule has 0 radical (unpaired) electrons. The van der Waals surface area contributed by atoms with Gasteiger partial charge in [0.2, 0.25) is 0 Å². The van der Waals surface area contributed by atoms with Gasteiger partial charge >= 0.3 is 5.97 Å². The van der Waals surface area contributed by atoms with Crippen LogP contribution in [-0.2, 0) is 9.53 Å². The van der Waals surface area contributed by atoms with E-state index < -0.39 is 0 Å². The quantitative estimate of drug-likeness (QED) is 0.537. The second-order valence-corrected chi connectivity index (χ2v) is 6.15. The molecule has 2 aliphatic rings. The summed E-state index contributed by atoms with van der Waals surface area (Å²) in [5.74, 6) is 1.92. The van der Waals surface area contributed by atoms with E-state index in [1.807, 2.05) is 0 Å². The zero-order chi connectivity index (χ0) is 12.4. The van der Waals surface area contributed by atoms with Gasteiger partial charge in [-0.25, -0.2) is 4.79 Å². The number of carbonyl (C=O) groups excluding carboxylic acids is 1. The fourth-order valence-corrected chi connectivity index (χ4v) is 3.12. The molecule has 2 nitrogen and oxygen atoms in total. The Morgan fingerprint density at radius 2 is 2.12 bits per heavy atom. The molecule has 0 N–H and O–H groups in total. The van der Waals surface area contributed by atoms with E-state index in [2.05, 4.69) is 20.4 Å². The molecule has 2 heteroatoms. The molecule has 2 aliphatic carbocycles. The number of esters is 1. The van der Waals surface area contributed by atoms with Gasteiger partial charge in [0.05, 0.1) is 0 Å². The van der Waals surface area contributed by atoms with Crippen molar-refractivity contribution in [1.82, 2.24) is 0 Å². The highest BCUT2D eigenvalue weighted by Crippen LogP contribution is 2.46. The van der Waals surface area contributed by atoms with Crippen LogP contribution in [-0.4, -0.2) is 12.1 Å². The van der Waals surface area contributed by atoms with Crippen LogP contribution < -0.4 is 0 Å². The lowest BCUT2D eigenvalue weighted by molar-refractivity contribution is -0.146. The molecule has 0 heterocycles. The van der Waals surface area contributed by atoms with Crippen LogP contribution in [0.15, 0.2) is 12.2 Å². The molecule has 0 aromatic rings. The van der Waals surface area contributed by atoms with Crippen LogP contribution in [0.2, 0.25) is 0 Å². The highest BCUT2D eigenvalue weighted by molar-refractivity contribution is 5.87. The van der Waals surface area contributed by atoms with Crippen LogP contribution in [0.25, 0.3) is 0 Å². The van der Waals surface area contributed by atoms with Crippen molar-refractivity contribution in [3.63, 3.8) is 0 Å². The summed E-state index contributed by atoms with van der Waals surface area (Å²) in [5, 5.41) is 0. The van der Waals surface area contributed by atoms with Crippen LogP contribution in [0.4, 0.5) is 0 Å². The van der Waals surface area contributed by atoms with Crippen molar-refractivity contribution in [2.75, 3.05) is 0 Å². The molecule has 17 heavy (non-hydrogen) atoms. The summed E-state index contributed by atoms with van der Waals surface area (Å²) < 4.78 is 5.60. The van der Waals surface area contributed by atoms with Gasteiger partial charge in [0, 0.05) is 5.57 Å². The Kier molecular flexibility index (Phi) is 3.90. The minimum absolute atomic E-state index is 0.150. The molecule has 2 saturated carbocycles. The van der Waals surface area contributed by atoms with Gasteiger partial charge in [0.1, 0.15) is 6.10 Å². The van der Waals surface area contributed by atoms with Crippen LogP contribution in [0.1, 0.15) is 52.4 Å². The van der Waals surface area contributed by atoms with E-state index in [0.717, 1.165) is 25.2 Å². The maximum Gasteiger partial charge on any atom is 0.333 e. The smallest absolute Gasteiger partial charge is 0.333 e. The molecular weight excluding hydrogens is 212 g/mol. The minimum atomic E-state index is -0.150. The first-order valence-electron chi connectivity index (χ1n) is 6.95. The summed E-state index contributed by atoms with van der Waals surface area (Å²) in [7, 11) is 0. The topological polar surface area (TPSA) is 26.3 Å². The maximum atomic E-state index is 11.9. The molecule has 2 bridgehead atoms. The van der Waals surface area contributed by atoms with Gasteiger partial charge in [0.15, 0.2) is 0 Å². The summed E-state index contributed by atoms with van der Waals surface area (Å²) in [4.78, 5) is 11.9. The molecule has 0 spiro atoms. The third-order valence-corrected chi connectivity index (χ3v) is 4.24. The van der Waals surface area contributed by atoms with Crippen molar-refractivity contribution in [2.45, 2.75) is 58.5 Å². The van der Waals surface area contributed by atoms with E-state index in [1.54, 1.807) is 0 Å². The minimum Gasteiger partial charge on any atom is -0.459 e. The molecule has 2 fully saturated rings. The van der Waals surface area contributed by atoms with Gasteiger partial charge in [-0.05, 0) is 56.3 Å². The summed E-state index contributed by atoms with van der Waals surface area (Å²) in [6.45, 7) is 8.18. The molecular formula is C15H24O2. The Balaban J connectivity index is 1.75. The van der Waals surface area contributed by atoms with Gasteiger partial charge in [-0.1, -0.05) is 20.4 Å². The van der Waals surface area contributed by atoms with Crippen LogP contribution >= 0.6 is 0 Å². The summed E-state index contributed by atoms with van der Waals surface area (Å²) in [6, 6.07) is 0. The van der Waals surface area contributed by atoms with E-state index in [-0.39, 0.29) is 12.1 Å². The van der Waals surface area contributed by atoms with Gasteiger partial charge in [0.25, 0.3) is 0 Å². The average Bonchev–Trinajstić information content (AvgIpc) is 2.87. The van der Waals surface area contributed by atoms with E-state index in [4.69, 9.17) is 4.74 Å². The van der Waals surface area contributed by atoms with Gasteiger partial charge in [-0.2, -0.15) is 0 Å². The zero-order valence-corrected chi connectivity index (χ0v) is 11.1. The van der Waals surface area contributed by atoms with Gasteiger partial charge in [-0.15, -0.1) is 0 Å². The molecule has 3 unspecified atom stereocenters. The first-order chi connectivity index (χ1) is 8.06. The third kappa shape index (κ3) is 3.11. The highest BCUT2D eigenvalue weighted by Gasteiger charge is 2.41. The maximum absolute atomic E-state index is 11.9. The second-order valence-electron chi connectivity index (χ2n) is 6.15. The molecule has 0 aromatic heterocycles. The average molecular weight is 236 g/mol. The number of fused-ring (bicyclic) bond motifs is 2. The lowest BCUT2D eigenvalue weighted by Gasteiger charge is -2.22. The Hall–Kier alpha value is -0.790. The van der Waals surface area contributed by atoms with E-state index in [1.165, 1.54) is 19.3 Å². The predicted molar refractivity (Wildman–Crippen MR) is 68.5 cm³/mol. The molecule has 0 aliphatic heterocycles. The lowest BCUT2D eigenvalue weighted by atomic mass is 9.97. The van der Waals surface area contributed by atoms with Crippen LogP contribution in [0, 0.1) is 17.8 Å². The van der Waals surface area contributed by atoms with Crippen molar-refractivity contribution in [2.24, 2.45) is 17.8 Å². The molecule has 2 rings (SSSR count). The number of hydrogen-bond donors (Lipinski definition) is 0. The van der Waals surface area contributed by atoms with Crippen molar-refractivity contribution in [1.29, 1.82) is 0 Å². The molecule has 96 valence electrons. The Morgan fingerprint density at radius 1 is 1.35 bits per heavy atom. The van der Waals surface area contributed by atoms with Crippen molar-refractivity contribution < 1.29 is 9.53 Å². The Bertz CT molecular complexity index is 306. The van der Waals surface area contributed by atoms with Crippen molar-refractivity contribution in [3.05, 3.63) is 12.2 Å². The van der Waals surface area contributed by atoms with Crippen molar-refractivity contribution >= 4 is 5.97 Å². The number of ether oxygens (including phenoxy) is 1. The number of rotatable bonds is 5. The Morgan fingerprint density at radius 3 is 2.65 bits per heavy atom. The van der Waals surface area contributed by atoms with Crippen LogP contribution in [0.5, 0.6) is 0 Å². The van der Waals surface area contributed by atoms with E-state index >= 15 is 0 Å². The summed E-state index contributed by atoms with van der Waals surface area (Å²) >= 11 is 0. The molecule has 3 atom stereocenters. The first-order valence-corrected chi connectivity index (χ1v) is 6.95. The van der Waals surface area contributed by atoms with E-state index in [9.17, 15) is 4.79 Å². The fourth-order valence-electron chi connectivity index (χ4n) is 3.12. The molecule has 0 amide bonds. The third-order valence-electron chi connectivity index (χ3n) is 4.24. The zero-order valence-electron chi connectivity index (χ0n) is 11.1. The summed E-state index contributed by atoms with van der Waals surface area (Å²) in [6.07, 6.45) is 6.94. The van der Waals surface area contributed by atoms with Crippen LogP contribution in [0.3, 0.4) is 0 Å². The van der Waals surface area contributed by atoms with Gasteiger partial charge < -0.3 is 4.74 Å². The first kappa shape index (κ1) is 12.7.